The van der Waals surface area contributed by atoms with Gasteiger partial charge in [0.25, 0.3) is 0 Å². The summed E-state index contributed by atoms with van der Waals surface area (Å²) in [6.45, 7) is 0. The number of nitrogens with one attached hydrogen (secondary N) is 2. The summed E-state index contributed by atoms with van der Waals surface area (Å²) in [6.07, 6.45) is 6.36. The standard InChI is InChI=1S/C12H18IN2O4P/c13-20(14-8-4-1-2-5-9(8)15-20)18-10(16)12(6-3-7-12)11(17)19-20/h8-9,14-15H,1-7H2/t8-,9?/m0/s1. The maximum atomic E-state index is 12.4. The topological polar surface area (TPSA) is 76.7 Å². The first-order chi connectivity index (χ1) is 9.43. The van der Waals surface area contributed by atoms with Crippen molar-refractivity contribution in [2.45, 2.75) is 57.0 Å². The maximum absolute atomic E-state index is 12.4. The Labute approximate surface area is 130 Å². The van der Waals surface area contributed by atoms with Gasteiger partial charge in [-0.05, 0) is 0 Å². The fourth-order valence-corrected chi connectivity index (χ4v) is 9.88. The molecule has 112 valence electrons. The van der Waals surface area contributed by atoms with Gasteiger partial charge in [-0.3, -0.25) is 0 Å². The number of rotatable bonds is 0. The molecule has 6 nitrogen and oxygen atoms in total. The van der Waals surface area contributed by atoms with E-state index < -0.39 is 22.4 Å². The van der Waals surface area contributed by atoms with Gasteiger partial charge < -0.3 is 0 Å². The predicted octanol–water partition coefficient (Wildman–Crippen LogP) is 2.32. The summed E-state index contributed by atoms with van der Waals surface area (Å²) in [5.41, 5.74) is -1.01. The zero-order valence-corrected chi connectivity index (χ0v) is 14.1. The molecule has 0 amide bonds. The molecule has 2 aliphatic heterocycles. The molecule has 2 N–H and O–H groups in total. The Morgan fingerprint density at radius 3 is 1.90 bits per heavy atom. The second kappa shape index (κ2) is 4.06. The van der Waals surface area contributed by atoms with E-state index in [4.69, 9.17) is 9.05 Å². The Hall–Kier alpha value is 0.0200. The normalized spacial score (nSPS) is 42.0. The van der Waals surface area contributed by atoms with E-state index in [1.807, 2.05) is 22.0 Å². The Kier molecular flexibility index (Phi) is 2.77. The molecule has 1 unspecified atom stereocenters. The predicted molar refractivity (Wildman–Crippen MR) is 81.7 cm³/mol. The van der Waals surface area contributed by atoms with E-state index in [1.165, 1.54) is 0 Å². The van der Waals surface area contributed by atoms with Crippen LogP contribution in [0.3, 0.4) is 0 Å². The van der Waals surface area contributed by atoms with E-state index in [-0.39, 0.29) is 12.1 Å². The van der Waals surface area contributed by atoms with Crippen LogP contribution in [0.1, 0.15) is 44.9 Å². The number of halogens is 1. The third-order valence-electron chi connectivity index (χ3n) is 5.02. The van der Waals surface area contributed by atoms with Crippen LogP contribution in [-0.4, -0.2) is 24.0 Å². The molecule has 8 heteroatoms. The van der Waals surface area contributed by atoms with Gasteiger partial charge in [0.15, 0.2) is 0 Å². The van der Waals surface area contributed by atoms with Gasteiger partial charge in [-0.2, -0.15) is 0 Å². The first-order valence-corrected chi connectivity index (χ1v) is 12.1. The van der Waals surface area contributed by atoms with E-state index in [9.17, 15) is 9.59 Å². The van der Waals surface area contributed by atoms with Crippen molar-refractivity contribution in [1.29, 1.82) is 0 Å². The van der Waals surface area contributed by atoms with Gasteiger partial charge in [-0.1, -0.05) is 0 Å². The summed E-state index contributed by atoms with van der Waals surface area (Å²) < 4.78 is 11.5. The zero-order chi connectivity index (χ0) is 14.0. The van der Waals surface area contributed by atoms with Crippen LogP contribution in [0.15, 0.2) is 0 Å². The van der Waals surface area contributed by atoms with Crippen molar-refractivity contribution in [3.05, 3.63) is 0 Å². The molecule has 4 rings (SSSR count). The molecule has 2 saturated heterocycles. The molecule has 0 aromatic heterocycles. The molecule has 2 atom stereocenters. The molecule has 0 aromatic carbocycles. The van der Waals surface area contributed by atoms with E-state index >= 15 is 0 Å². The monoisotopic (exact) mass is 412 g/mol. The van der Waals surface area contributed by atoms with Crippen molar-refractivity contribution in [3.63, 3.8) is 0 Å². The van der Waals surface area contributed by atoms with E-state index in [1.54, 1.807) is 0 Å². The zero-order valence-electron chi connectivity index (χ0n) is 11.1. The number of hydrogen-bond acceptors (Lipinski definition) is 6. The average Bonchev–Trinajstić information content (AvgIpc) is 2.57. The molecule has 4 fully saturated rings. The van der Waals surface area contributed by atoms with Crippen molar-refractivity contribution in [3.8, 4) is 0 Å². The summed E-state index contributed by atoms with van der Waals surface area (Å²) in [5.74, 6) is -0.795. The SMILES string of the molecule is O=C1OP2(I)(NC3CCCC[C@@H]3N2)OC(=O)C12CCC2. The Bertz CT molecular complexity index is 472. The van der Waals surface area contributed by atoms with Gasteiger partial charge in [0, 0.05) is 0 Å². The van der Waals surface area contributed by atoms with Gasteiger partial charge in [0.1, 0.15) is 0 Å². The fraction of sp³-hybridized carbons (Fsp3) is 0.833. The number of hydrogen-bond donors (Lipinski definition) is 2. The molecule has 2 aliphatic carbocycles. The van der Waals surface area contributed by atoms with Crippen LogP contribution >= 0.6 is 27.0 Å². The van der Waals surface area contributed by atoms with Gasteiger partial charge >= 0.3 is 130 Å². The first-order valence-electron chi connectivity index (χ1n) is 7.23. The minimum absolute atomic E-state index is 0.231. The molecule has 2 heterocycles. The van der Waals surface area contributed by atoms with Crippen LogP contribution in [0.4, 0.5) is 0 Å². The molecular formula is C12H18IN2O4P. The van der Waals surface area contributed by atoms with Crippen LogP contribution < -0.4 is 10.2 Å². The van der Waals surface area contributed by atoms with Crippen molar-refractivity contribution >= 4 is 39.0 Å². The summed E-state index contributed by atoms with van der Waals surface area (Å²) in [5, 5.41) is 3.14. The summed E-state index contributed by atoms with van der Waals surface area (Å²) >= 11 is 2.03. The van der Waals surface area contributed by atoms with E-state index in [0.29, 0.717) is 12.8 Å². The van der Waals surface area contributed by atoms with Gasteiger partial charge in [-0.15, -0.1) is 0 Å². The van der Waals surface area contributed by atoms with E-state index in [0.717, 1.165) is 32.1 Å². The van der Waals surface area contributed by atoms with Crippen LogP contribution in [0.2, 0.25) is 0 Å². The van der Waals surface area contributed by atoms with Crippen LogP contribution in [0, 0.1) is 5.41 Å². The van der Waals surface area contributed by atoms with Crippen LogP contribution in [-0.2, 0) is 18.6 Å². The molecule has 0 aromatic rings. The molecule has 0 bridgehead atoms. The summed E-state index contributed by atoms with van der Waals surface area (Å²) in [4.78, 5) is 24.8. The number of fused-ring (bicyclic) bond motifs is 1. The van der Waals surface area contributed by atoms with Crippen molar-refractivity contribution < 1.29 is 18.6 Å². The van der Waals surface area contributed by atoms with Gasteiger partial charge in [-0.25, -0.2) is 0 Å². The van der Waals surface area contributed by atoms with Gasteiger partial charge in [0.05, 0.1) is 0 Å². The Morgan fingerprint density at radius 2 is 1.50 bits per heavy atom. The minimum atomic E-state index is -3.56. The summed E-state index contributed by atoms with van der Waals surface area (Å²) in [6, 6.07) is 0.462. The average molecular weight is 412 g/mol. The van der Waals surface area contributed by atoms with Crippen LogP contribution in [0.25, 0.3) is 0 Å². The third-order valence-corrected chi connectivity index (χ3v) is 10.4. The second-order valence-electron chi connectivity index (χ2n) is 6.31. The Balaban J connectivity index is 1.65. The second-order valence-corrected chi connectivity index (χ2v) is 14.2. The Morgan fingerprint density at radius 1 is 1.00 bits per heavy atom. The van der Waals surface area contributed by atoms with Crippen LogP contribution in [0.5, 0.6) is 0 Å². The molecular weight excluding hydrogens is 394 g/mol. The van der Waals surface area contributed by atoms with Crippen molar-refractivity contribution in [2.24, 2.45) is 5.41 Å². The molecule has 4 aliphatic rings. The first kappa shape index (κ1) is 13.7. The quantitative estimate of drug-likeness (QED) is 0.362. The number of carbonyl (C=O) groups excluding carboxylic acids is 2. The molecule has 2 spiro atoms. The molecule has 0 radical (unpaired) electrons. The van der Waals surface area contributed by atoms with Crippen molar-refractivity contribution in [2.75, 3.05) is 0 Å². The number of carbonyl (C=O) groups is 2. The third kappa shape index (κ3) is 1.72. The molecule has 20 heavy (non-hydrogen) atoms. The van der Waals surface area contributed by atoms with E-state index in [2.05, 4.69) is 10.2 Å². The van der Waals surface area contributed by atoms with Gasteiger partial charge in [0.2, 0.25) is 0 Å². The van der Waals surface area contributed by atoms with Crippen molar-refractivity contribution in [1.82, 2.24) is 10.2 Å². The fourth-order valence-electron chi connectivity index (χ4n) is 3.66. The molecule has 2 saturated carbocycles. The summed E-state index contributed by atoms with van der Waals surface area (Å²) in [7, 11) is 0.